The molecule has 18 heavy (non-hydrogen) atoms. The molecule has 1 aromatic carbocycles. The van der Waals surface area contributed by atoms with Crippen molar-refractivity contribution in [2.75, 3.05) is 5.32 Å². The van der Waals surface area contributed by atoms with Crippen LogP contribution in [0.5, 0.6) is 0 Å². The third kappa shape index (κ3) is 3.50. The van der Waals surface area contributed by atoms with Crippen molar-refractivity contribution in [3.63, 3.8) is 0 Å². The molecule has 1 N–H and O–H groups in total. The molecule has 2 rings (SSSR count). The molecule has 1 saturated carbocycles. The highest BCUT2D eigenvalue weighted by Crippen LogP contribution is 2.33. The van der Waals surface area contributed by atoms with Gasteiger partial charge in [0.05, 0.1) is 0 Å². The van der Waals surface area contributed by atoms with Gasteiger partial charge in [0.1, 0.15) is 0 Å². The predicted octanol–water partition coefficient (Wildman–Crippen LogP) is 5.38. The van der Waals surface area contributed by atoms with Crippen LogP contribution in [0.15, 0.2) is 22.7 Å². The number of halogens is 1. The molecule has 0 aromatic heterocycles. The Kier molecular flexibility index (Phi) is 4.71. The van der Waals surface area contributed by atoms with Crippen molar-refractivity contribution in [2.24, 2.45) is 11.8 Å². The van der Waals surface area contributed by atoms with E-state index in [2.05, 4.69) is 60.2 Å². The summed E-state index contributed by atoms with van der Waals surface area (Å²) in [5, 5.41) is 3.71. The van der Waals surface area contributed by atoms with Crippen LogP contribution in [0, 0.1) is 18.8 Å². The number of aryl methyl sites for hydroxylation is 1. The number of hydrogen-bond donors (Lipinski definition) is 1. The molecule has 0 aliphatic heterocycles. The molecule has 2 unspecified atom stereocenters. The van der Waals surface area contributed by atoms with Crippen LogP contribution in [0.3, 0.4) is 0 Å². The van der Waals surface area contributed by atoms with E-state index in [1.165, 1.54) is 41.4 Å². The highest BCUT2D eigenvalue weighted by Gasteiger charge is 2.24. The van der Waals surface area contributed by atoms with Gasteiger partial charge in [0, 0.05) is 16.2 Å². The van der Waals surface area contributed by atoms with Gasteiger partial charge in [-0.15, -0.1) is 0 Å². The van der Waals surface area contributed by atoms with Crippen molar-refractivity contribution >= 4 is 21.6 Å². The maximum Gasteiger partial charge on any atom is 0.0486 e. The second-order valence-electron chi connectivity index (χ2n) is 6.00. The molecule has 0 bridgehead atoms. The molecule has 0 radical (unpaired) electrons. The lowest BCUT2D eigenvalue weighted by Gasteiger charge is -2.33. The van der Waals surface area contributed by atoms with E-state index in [0.29, 0.717) is 6.04 Å². The lowest BCUT2D eigenvalue weighted by Crippen LogP contribution is -2.29. The molecule has 1 fully saturated rings. The Bertz CT molecular complexity index is 400. The van der Waals surface area contributed by atoms with Gasteiger partial charge in [0.15, 0.2) is 0 Å². The fourth-order valence-corrected chi connectivity index (χ4v) is 3.53. The van der Waals surface area contributed by atoms with Gasteiger partial charge in [0.25, 0.3) is 0 Å². The molecular formula is C16H24BrN. The minimum Gasteiger partial charge on any atom is -0.381 e. The van der Waals surface area contributed by atoms with Crippen LogP contribution < -0.4 is 5.32 Å². The molecule has 0 heterocycles. The minimum absolute atomic E-state index is 0.644. The van der Waals surface area contributed by atoms with Gasteiger partial charge >= 0.3 is 0 Å². The molecule has 1 aromatic rings. The summed E-state index contributed by atoms with van der Waals surface area (Å²) >= 11 is 3.66. The number of hydrogen-bond acceptors (Lipinski definition) is 1. The van der Waals surface area contributed by atoms with Gasteiger partial charge in [-0.25, -0.2) is 0 Å². The summed E-state index contributed by atoms with van der Waals surface area (Å²) < 4.78 is 1.19. The van der Waals surface area contributed by atoms with Gasteiger partial charge in [-0.3, -0.25) is 0 Å². The van der Waals surface area contributed by atoms with Crippen LogP contribution in [-0.4, -0.2) is 6.04 Å². The molecule has 1 aliphatic carbocycles. The molecule has 0 amide bonds. The molecule has 2 heteroatoms. The summed E-state index contributed by atoms with van der Waals surface area (Å²) in [7, 11) is 0. The number of benzene rings is 1. The summed E-state index contributed by atoms with van der Waals surface area (Å²) in [5.74, 6) is 1.71. The van der Waals surface area contributed by atoms with Gasteiger partial charge in [-0.05, 0) is 65.2 Å². The average Bonchev–Trinajstić information content (AvgIpc) is 2.33. The number of nitrogens with one attached hydrogen (secondary N) is 1. The second kappa shape index (κ2) is 6.10. The molecule has 1 nitrogen and oxygen atoms in total. The quantitative estimate of drug-likeness (QED) is 0.790. The van der Waals surface area contributed by atoms with Crippen LogP contribution in [0.2, 0.25) is 0 Å². The summed E-state index contributed by atoms with van der Waals surface area (Å²) in [5.41, 5.74) is 2.55. The molecular weight excluding hydrogens is 286 g/mol. The van der Waals surface area contributed by atoms with Crippen LogP contribution in [0.25, 0.3) is 0 Å². The van der Waals surface area contributed by atoms with E-state index in [1.54, 1.807) is 0 Å². The van der Waals surface area contributed by atoms with E-state index >= 15 is 0 Å². The third-order valence-corrected chi connectivity index (χ3v) is 4.80. The Morgan fingerprint density at radius 2 is 2.06 bits per heavy atom. The van der Waals surface area contributed by atoms with Crippen LogP contribution >= 0.6 is 15.9 Å². The first-order valence-corrected chi connectivity index (χ1v) is 7.88. The van der Waals surface area contributed by atoms with Crippen LogP contribution in [0.1, 0.15) is 45.1 Å². The van der Waals surface area contributed by atoms with E-state index in [1.807, 2.05) is 0 Å². The number of anilines is 1. The third-order valence-electron chi connectivity index (χ3n) is 4.14. The van der Waals surface area contributed by atoms with E-state index in [-0.39, 0.29) is 0 Å². The first-order valence-electron chi connectivity index (χ1n) is 7.09. The van der Waals surface area contributed by atoms with Crippen molar-refractivity contribution < 1.29 is 0 Å². The second-order valence-corrected chi connectivity index (χ2v) is 6.85. The molecule has 100 valence electrons. The Morgan fingerprint density at radius 3 is 2.72 bits per heavy atom. The topological polar surface area (TPSA) is 12.0 Å². The molecule has 0 spiro atoms. The van der Waals surface area contributed by atoms with Gasteiger partial charge in [0.2, 0.25) is 0 Å². The average molecular weight is 310 g/mol. The van der Waals surface area contributed by atoms with E-state index < -0.39 is 0 Å². The van der Waals surface area contributed by atoms with E-state index in [9.17, 15) is 0 Å². The molecule has 0 saturated heterocycles. The zero-order chi connectivity index (χ0) is 13.1. The monoisotopic (exact) mass is 309 g/mol. The SMILES string of the molecule is Cc1ccc(NC2CCCC(C(C)C)C2)c(Br)c1. The van der Waals surface area contributed by atoms with Crippen molar-refractivity contribution in [2.45, 2.75) is 52.5 Å². The largest absolute Gasteiger partial charge is 0.381 e. The summed E-state index contributed by atoms with van der Waals surface area (Å²) in [6.07, 6.45) is 5.40. The lowest BCUT2D eigenvalue weighted by molar-refractivity contribution is 0.264. The van der Waals surface area contributed by atoms with E-state index in [0.717, 1.165) is 11.8 Å². The maximum absolute atomic E-state index is 3.71. The normalized spacial score (nSPS) is 24.3. The van der Waals surface area contributed by atoms with Crippen molar-refractivity contribution in [3.05, 3.63) is 28.2 Å². The zero-order valence-corrected chi connectivity index (χ0v) is 13.3. The lowest BCUT2D eigenvalue weighted by atomic mass is 9.79. The smallest absolute Gasteiger partial charge is 0.0486 e. The zero-order valence-electron chi connectivity index (χ0n) is 11.7. The fraction of sp³-hybridized carbons (Fsp3) is 0.625. The number of rotatable bonds is 3. The Balaban J connectivity index is 2.00. The highest BCUT2D eigenvalue weighted by atomic mass is 79.9. The van der Waals surface area contributed by atoms with E-state index in [4.69, 9.17) is 0 Å². The maximum atomic E-state index is 3.71. The summed E-state index contributed by atoms with van der Waals surface area (Å²) in [6, 6.07) is 7.20. The molecule has 1 aliphatic rings. The molecule has 2 atom stereocenters. The predicted molar refractivity (Wildman–Crippen MR) is 83.1 cm³/mol. The van der Waals surface area contributed by atoms with Gasteiger partial charge in [-0.1, -0.05) is 32.8 Å². The van der Waals surface area contributed by atoms with Crippen LogP contribution in [0.4, 0.5) is 5.69 Å². The fourth-order valence-electron chi connectivity index (χ4n) is 2.92. The first-order chi connectivity index (χ1) is 8.56. The summed E-state index contributed by atoms with van der Waals surface area (Å²) in [4.78, 5) is 0. The highest BCUT2D eigenvalue weighted by molar-refractivity contribution is 9.10. The van der Waals surface area contributed by atoms with Crippen molar-refractivity contribution in [1.29, 1.82) is 0 Å². The van der Waals surface area contributed by atoms with Crippen molar-refractivity contribution in [1.82, 2.24) is 0 Å². The van der Waals surface area contributed by atoms with Crippen molar-refractivity contribution in [3.8, 4) is 0 Å². The van der Waals surface area contributed by atoms with Gasteiger partial charge < -0.3 is 5.32 Å². The first kappa shape index (κ1) is 13.9. The Morgan fingerprint density at radius 1 is 1.28 bits per heavy atom. The Hall–Kier alpha value is -0.500. The van der Waals surface area contributed by atoms with Gasteiger partial charge in [-0.2, -0.15) is 0 Å². The van der Waals surface area contributed by atoms with Crippen LogP contribution in [-0.2, 0) is 0 Å². The Labute approximate surface area is 119 Å². The summed E-state index contributed by atoms with van der Waals surface area (Å²) in [6.45, 7) is 6.84. The standard InChI is InChI=1S/C16H24BrN/c1-11(2)13-5-4-6-14(10-13)18-16-8-7-12(3)9-15(16)17/h7-9,11,13-14,18H,4-6,10H2,1-3H3. The minimum atomic E-state index is 0.644.